The van der Waals surface area contributed by atoms with Gasteiger partial charge in [0.05, 0.1) is 5.52 Å². The van der Waals surface area contributed by atoms with Gasteiger partial charge in [-0.05, 0) is 38.6 Å². The monoisotopic (exact) mass is 220 g/mol. The van der Waals surface area contributed by atoms with Gasteiger partial charge in [0.25, 0.3) is 0 Å². The minimum Gasteiger partial charge on any atom is -0.408 e. The van der Waals surface area contributed by atoms with Crippen LogP contribution in [0.2, 0.25) is 0 Å². The fourth-order valence-electron chi connectivity index (χ4n) is 1.66. The summed E-state index contributed by atoms with van der Waals surface area (Å²) >= 11 is 0. The average Bonchev–Trinajstić information content (AvgIpc) is 2.55. The molecule has 1 N–H and O–H groups in total. The molecule has 0 saturated heterocycles. The second-order valence-corrected chi connectivity index (χ2v) is 4.48. The lowest BCUT2D eigenvalue weighted by atomic mass is 9.94. The lowest BCUT2D eigenvalue weighted by Gasteiger charge is -2.24. The second-order valence-electron chi connectivity index (χ2n) is 4.48. The number of aromatic nitrogens is 1. The molecule has 0 radical (unpaired) electrons. The van der Waals surface area contributed by atoms with E-state index in [1.54, 1.807) is 7.05 Å². The van der Waals surface area contributed by atoms with Crippen LogP contribution in [0.5, 0.6) is 0 Å². The van der Waals surface area contributed by atoms with Crippen molar-refractivity contribution in [1.29, 1.82) is 0 Å². The van der Waals surface area contributed by atoms with Crippen LogP contribution in [0.25, 0.3) is 11.1 Å². The molecule has 0 atom stereocenters. The SMILES string of the molecule is CNC(C)(C)c1ccc2oc(=O)n(C)c2c1. The molecule has 16 heavy (non-hydrogen) atoms. The normalized spacial score (nSPS) is 12.2. The fourth-order valence-corrected chi connectivity index (χ4v) is 1.66. The highest BCUT2D eigenvalue weighted by molar-refractivity contribution is 5.74. The maximum Gasteiger partial charge on any atom is 0.419 e. The summed E-state index contributed by atoms with van der Waals surface area (Å²) in [7, 11) is 3.63. The van der Waals surface area contributed by atoms with E-state index >= 15 is 0 Å². The van der Waals surface area contributed by atoms with Crippen molar-refractivity contribution in [3.63, 3.8) is 0 Å². The van der Waals surface area contributed by atoms with E-state index < -0.39 is 0 Å². The summed E-state index contributed by atoms with van der Waals surface area (Å²) in [4.78, 5) is 11.3. The van der Waals surface area contributed by atoms with Crippen LogP contribution >= 0.6 is 0 Å². The number of benzene rings is 1. The first-order chi connectivity index (χ1) is 7.45. The number of nitrogens with zero attached hydrogens (tertiary/aromatic N) is 1. The minimum atomic E-state index is -0.325. The quantitative estimate of drug-likeness (QED) is 0.836. The van der Waals surface area contributed by atoms with Crippen LogP contribution in [-0.4, -0.2) is 11.6 Å². The smallest absolute Gasteiger partial charge is 0.408 e. The zero-order valence-electron chi connectivity index (χ0n) is 10.00. The van der Waals surface area contributed by atoms with E-state index in [1.165, 1.54) is 4.57 Å². The summed E-state index contributed by atoms with van der Waals surface area (Å²) in [6, 6.07) is 5.80. The van der Waals surface area contributed by atoms with Gasteiger partial charge in [0.1, 0.15) is 0 Å². The Bertz CT molecular complexity index is 578. The third-order valence-electron chi connectivity index (χ3n) is 3.14. The summed E-state index contributed by atoms with van der Waals surface area (Å²) in [5, 5.41) is 3.23. The molecule has 0 aliphatic heterocycles. The van der Waals surface area contributed by atoms with Gasteiger partial charge in [0.15, 0.2) is 5.58 Å². The predicted molar refractivity (Wildman–Crippen MR) is 63.5 cm³/mol. The Hall–Kier alpha value is -1.55. The van der Waals surface area contributed by atoms with Crippen LogP contribution in [0.4, 0.5) is 0 Å². The summed E-state index contributed by atoms with van der Waals surface area (Å²) in [5.41, 5.74) is 2.45. The molecule has 86 valence electrons. The molecule has 1 aromatic carbocycles. The highest BCUT2D eigenvalue weighted by Gasteiger charge is 2.19. The van der Waals surface area contributed by atoms with Gasteiger partial charge in [0.2, 0.25) is 0 Å². The molecule has 1 aromatic heterocycles. The first kappa shape index (κ1) is 11.0. The number of aryl methyl sites for hydroxylation is 1. The zero-order chi connectivity index (χ0) is 11.9. The van der Waals surface area contributed by atoms with E-state index in [2.05, 4.69) is 19.2 Å². The van der Waals surface area contributed by atoms with Crippen molar-refractivity contribution >= 4 is 11.1 Å². The maximum atomic E-state index is 11.3. The standard InChI is InChI=1S/C12H16N2O2/c1-12(2,13-3)8-5-6-10-9(7-8)14(4)11(15)16-10/h5-7,13H,1-4H3. The van der Waals surface area contributed by atoms with Gasteiger partial charge in [0, 0.05) is 12.6 Å². The summed E-state index contributed by atoms with van der Waals surface area (Å²) in [6.07, 6.45) is 0. The number of oxazole rings is 1. The Morgan fingerprint density at radius 2 is 2.06 bits per heavy atom. The van der Waals surface area contributed by atoms with Gasteiger partial charge in [-0.2, -0.15) is 0 Å². The molecule has 0 aliphatic rings. The minimum absolute atomic E-state index is 0.124. The predicted octanol–water partition coefficient (Wildman–Crippen LogP) is 1.59. The Balaban J connectivity index is 2.68. The zero-order valence-corrected chi connectivity index (χ0v) is 10.00. The van der Waals surface area contributed by atoms with E-state index in [4.69, 9.17) is 4.42 Å². The van der Waals surface area contributed by atoms with Crippen molar-refractivity contribution in [3.05, 3.63) is 34.3 Å². The largest absolute Gasteiger partial charge is 0.419 e. The van der Waals surface area contributed by atoms with Crippen LogP contribution in [-0.2, 0) is 12.6 Å². The number of hydrogen-bond donors (Lipinski definition) is 1. The molecule has 2 rings (SSSR count). The first-order valence-corrected chi connectivity index (χ1v) is 5.24. The molecule has 4 nitrogen and oxygen atoms in total. The van der Waals surface area contributed by atoms with Crippen LogP contribution in [0, 0.1) is 0 Å². The molecule has 4 heteroatoms. The van der Waals surface area contributed by atoms with Crippen molar-refractivity contribution < 1.29 is 4.42 Å². The molecule has 1 heterocycles. The van der Waals surface area contributed by atoms with Crippen LogP contribution in [0.1, 0.15) is 19.4 Å². The second kappa shape index (κ2) is 3.49. The number of fused-ring (bicyclic) bond motifs is 1. The number of rotatable bonds is 2. The van der Waals surface area contributed by atoms with Crippen molar-refractivity contribution in [2.45, 2.75) is 19.4 Å². The van der Waals surface area contributed by atoms with Gasteiger partial charge in [-0.15, -0.1) is 0 Å². The molecule has 0 amide bonds. The molecule has 0 spiro atoms. The maximum absolute atomic E-state index is 11.3. The fraction of sp³-hybridized carbons (Fsp3) is 0.417. The molecule has 2 aromatic rings. The van der Waals surface area contributed by atoms with E-state index in [9.17, 15) is 4.79 Å². The third-order valence-corrected chi connectivity index (χ3v) is 3.14. The molecule has 0 fully saturated rings. The Labute approximate surface area is 93.9 Å². The van der Waals surface area contributed by atoms with Crippen LogP contribution < -0.4 is 11.1 Å². The van der Waals surface area contributed by atoms with Gasteiger partial charge in [-0.25, -0.2) is 4.79 Å². The van der Waals surface area contributed by atoms with Crippen molar-refractivity contribution in [2.75, 3.05) is 7.05 Å². The molecule has 0 unspecified atom stereocenters. The Morgan fingerprint density at radius 1 is 1.38 bits per heavy atom. The van der Waals surface area contributed by atoms with Gasteiger partial charge >= 0.3 is 5.76 Å². The van der Waals surface area contributed by atoms with Crippen molar-refractivity contribution in [1.82, 2.24) is 9.88 Å². The molecular weight excluding hydrogens is 204 g/mol. The van der Waals surface area contributed by atoms with E-state index in [1.807, 2.05) is 25.2 Å². The van der Waals surface area contributed by atoms with Crippen molar-refractivity contribution in [3.8, 4) is 0 Å². The van der Waals surface area contributed by atoms with Crippen LogP contribution in [0.15, 0.2) is 27.4 Å². The van der Waals surface area contributed by atoms with Crippen LogP contribution in [0.3, 0.4) is 0 Å². The molecule has 0 saturated carbocycles. The summed E-state index contributed by atoms with van der Waals surface area (Å²) < 4.78 is 6.61. The van der Waals surface area contributed by atoms with E-state index in [-0.39, 0.29) is 11.3 Å². The van der Waals surface area contributed by atoms with Gasteiger partial charge in [-0.3, -0.25) is 4.57 Å². The summed E-state index contributed by atoms with van der Waals surface area (Å²) in [6.45, 7) is 4.18. The number of nitrogens with one attached hydrogen (secondary N) is 1. The highest BCUT2D eigenvalue weighted by atomic mass is 16.4. The lowest BCUT2D eigenvalue weighted by molar-refractivity contribution is 0.445. The first-order valence-electron chi connectivity index (χ1n) is 5.24. The number of hydrogen-bond acceptors (Lipinski definition) is 3. The van der Waals surface area contributed by atoms with Crippen molar-refractivity contribution in [2.24, 2.45) is 7.05 Å². The van der Waals surface area contributed by atoms with Gasteiger partial charge < -0.3 is 9.73 Å². The Kier molecular flexibility index (Phi) is 2.39. The lowest BCUT2D eigenvalue weighted by Crippen LogP contribution is -2.33. The third kappa shape index (κ3) is 1.55. The highest BCUT2D eigenvalue weighted by Crippen LogP contribution is 2.23. The van der Waals surface area contributed by atoms with E-state index in [0.717, 1.165) is 11.1 Å². The topological polar surface area (TPSA) is 47.2 Å². The molecule has 0 aliphatic carbocycles. The summed E-state index contributed by atoms with van der Waals surface area (Å²) in [5.74, 6) is -0.325. The Morgan fingerprint density at radius 3 is 2.69 bits per heavy atom. The molecule has 0 bridgehead atoms. The van der Waals surface area contributed by atoms with E-state index in [0.29, 0.717) is 5.58 Å². The van der Waals surface area contributed by atoms with Gasteiger partial charge in [-0.1, -0.05) is 6.07 Å². The molecular formula is C12H16N2O2. The average molecular weight is 220 g/mol.